The van der Waals surface area contributed by atoms with E-state index in [-0.39, 0.29) is 12.0 Å². The van der Waals surface area contributed by atoms with Crippen molar-refractivity contribution < 1.29 is 5.11 Å². The van der Waals surface area contributed by atoms with Crippen molar-refractivity contribution in [2.24, 2.45) is 5.41 Å². The molecule has 0 radical (unpaired) electrons. The van der Waals surface area contributed by atoms with E-state index in [9.17, 15) is 5.11 Å². The van der Waals surface area contributed by atoms with Crippen LogP contribution in [-0.4, -0.2) is 11.7 Å². The van der Waals surface area contributed by atoms with E-state index in [1.54, 1.807) is 0 Å². The van der Waals surface area contributed by atoms with Crippen LogP contribution in [0.1, 0.15) is 51.2 Å². The summed E-state index contributed by atoms with van der Waals surface area (Å²) in [6, 6.07) is 8.62. The summed E-state index contributed by atoms with van der Waals surface area (Å²) in [4.78, 5) is 0. The van der Waals surface area contributed by atoms with Gasteiger partial charge in [-0.05, 0) is 28.9 Å². The summed E-state index contributed by atoms with van der Waals surface area (Å²) in [7, 11) is 0. The summed E-state index contributed by atoms with van der Waals surface area (Å²) < 4.78 is 0. The smallest absolute Gasteiger partial charge is 0.0485 e. The summed E-state index contributed by atoms with van der Waals surface area (Å²) in [5.74, 6) is 0.567. The third-order valence-corrected chi connectivity index (χ3v) is 2.99. The highest BCUT2D eigenvalue weighted by atomic mass is 16.3. The number of benzene rings is 1. The minimum Gasteiger partial charge on any atom is -0.396 e. The lowest BCUT2D eigenvalue weighted by Crippen LogP contribution is -2.14. The van der Waals surface area contributed by atoms with Crippen molar-refractivity contribution >= 4 is 6.08 Å². The third-order valence-electron chi connectivity index (χ3n) is 2.99. The van der Waals surface area contributed by atoms with E-state index in [0.717, 1.165) is 6.42 Å². The van der Waals surface area contributed by atoms with Gasteiger partial charge in [0, 0.05) is 6.61 Å². The van der Waals surface area contributed by atoms with Gasteiger partial charge >= 0.3 is 0 Å². The van der Waals surface area contributed by atoms with Gasteiger partial charge < -0.3 is 5.11 Å². The lowest BCUT2D eigenvalue weighted by atomic mass is 9.90. The Balaban J connectivity index is 2.69. The highest BCUT2D eigenvalue weighted by molar-refractivity contribution is 5.50. The maximum absolute atomic E-state index is 9.17. The molecule has 1 aromatic carbocycles. The molecule has 0 amide bonds. The van der Waals surface area contributed by atoms with Crippen LogP contribution in [-0.2, 0) is 0 Å². The Bertz CT molecular complexity index is 375. The monoisotopic (exact) mass is 232 g/mol. The molecule has 1 heteroatoms. The fourth-order valence-electron chi connectivity index (χ4n) is 1.60. The summed E-state index contributed by atoms with van der Waals surface area (Å²) in [5.41, 5.74) is 2.59. The molecule has 0 aliphatic heterocycles. The van der Waals surface area contributed by atoms with Crippen LogP contribution >= 0.6 is 0 Å². The van der Waals surface area contributed by atoms with E-state index in [1.165, 1.54) is 11.1 Å². The minimum absolute atomic E-state index is 0.0217. The second-order valence-corrected chi connectivity index (χ2v) is 5.75. The van der Waals surface area contributed by atoms with Gasteiger partial charge in [-0.25, -0.2) is 0 Å². The topological polar surface area (TPSA) is 20.2 Å². The van der Waals surface area contributed by atoms with Crippen LogP contribution in [0, 0.1) is 5.41 Å². The molecule has 1 nitrogen and oxygen atoms in total. The molecular weight excluding hydrogens is 208 g/mol. The Labute approximate surface area is 105 Å². The highest BCUT2D eigenvalue weighted by Crippen LogP contribution is 2.21. The molecule has 1 rings (SSSR count). The molecule has 94 valence electrons. The molecule has 1 aromatic rings. The molecule has 0 fully saturated rings. The van der Waals surface area contributed by atoms with Gasteiger partial charge in [-0.3, -0.25) is 0 Å². The summed E-state index contributed by atoms with van der Waals surface area (Å²) in [5, 5.41) is 9.17. The zero-order chi connectivity index (χ0) is 12.9. The molecule has 0 atom stereocenters. The normalized spacial score (nSPS) is 12.6. The van der Waals surface area contributed by atoms with E-state index in [4.69, 9.17) is 0 Å². The Morgan fingerprint density at radius 2 is 2.00 bits per heavy atom. The molecule has 0 unspecified atom stereocenters. The molecule has 0 bridgehead atoms. The number of allylic oxidation sites excluding steroid dienone is 1. The molecule has 0 heterocycles. The van der Waals surface area contributed by atoms with Crippen molar-refractivity contribution in [2.75, 3.05) is 6.61 Å². The number of aliphatic hydroxyl groups excluding tert-OH is 1. The van der Waals surface area contributed by atoms with Crippen LogP contribution < -0.4 is 0 Å². The van der Waals surface area contributed by atoms with Gasteiger partial charge in [0.05, 0.1) is 0 Å². The van der Waals surface area contributed by atoms with Crippen molar-refractivity contribution in [2.45, 2.75) is 40.0 Å². The van der Waals surface area contributed by atoms with Crippen molar-refractivity contribution in [3.05, 3.63) is 41.5 Å². The van der Waals surface area contributed by atoms with Crippen LogP contribution in [0.25, 0.3) is 6.08 Å². The highest BCUT2D eigenvalue weighted by Gasteiger charge is 2.13. The van der Waals surface area contributed by atoms with Gasteiger partial charge in [0.15, 0.2) is 0 Å². The van der Waals surface area contributed by atoms with Crippen molar-refractivity contribution in [3.63, 3.8) is 0 Å². The number of hydrogen-bond donors (Lipinski definition) is 1. The predicted molar refractivity (Wildman–Crippen MR) is 75.0 cm³/mol. The summed E-state index contributed by atoms with van der Waals surface area (Å²) in [6.07, 6.45) is 5.19. The van der Waals surface area contributed by atoms with Crippen LogP contribution in [0.2, 0.25) is 0 Å². The number of aliphatic hydroxyl groups is 1. The summed E-state index contributed by atoms with van der Waals surface area (Å²) in [6.45, 7) is 8.78. The van der Waals surface area contributed by atoms with Crippen LogP contribution in [0.15, 0.2) is 30.3 Å². The standard InChI is InChI=1S/C16H24O/c1-13(2)15-9-5-7-14(11-15)8-6-10-16(3,4)12-17/h5-9,11,13,17H,10,12H2,1-4H3. The molecule has 0 saturated heterocycles. The quantitative estimate of drug-likeness (QED) is 0.805. The van der Waals surface area contributed by atoms with Gasteiger partial charge in [-0.2, -0.15) is 0 Å². The maximum atomic E-state index is 9.17. The maximum Gasteiger partial charge on any atom is 0.0485 e. The van der Waals surface area contributed by atoms with Crippen molar-refractivity contribution in [1.82, 2.24) is 0 Å². The number of hydrogen-bond acceptors (Lipinski definition) is 1. The third kappa shape index (κ3) is 4.74. The van der Waals surface area contributed by atoms with E-state index in [2.05, 4.69) is 64.1 Å². The molecule has 17 heavy (non-hydrogen) atoms. The van der Waals surface area contributed by atoms with E-state index >= 15 is 0 Å². The predicted octanol–water partition coefficient (Wildman–Crippen LogP) is 4.23. The van der Waals surface area contributed by atoms with E-state index in [1.807, 2.05) is 0 Å². The summed E-state index contributed by atoms with van der Waals surface area (Å²) >= 11 is 0. The Hall–Kier alpha value is -1.08. The number of rotatable bonds is 5. The Morgan fingerprint density at radius 1 is 1.29 bits per heavy atom. The second-order valence-electron chi connectivity index (χ2n) is 5.75. The average molecular weight is 232 g/mol. The fourth-order valence-corrected chi connectivity index (χ4v) is 1.60. The van der Waals surface area contributed by atoms with Crippen molar-refractivity contribution in [1.29, 1.82) is 0 Å². The molecule has 1 N–H and O–H groups in total. The second kappa shape index (κ2) is 6.02. The molecular formula is C16H24O. The zero-order valence-corrected chi connectivity index (χ0v) is 11.4. The Morgan fingerprint density at radius 3 is 2.59 bits per heavy atom. The fraction of sp³-hybridized carbons (Fsp3) is 0.500. The van der Waals surface area contributed by atoms with Gasteiger partial charge in [0.2, 0.25) is 0 Å². The van der Waals surface area contributed by atoms with E-state index < -0.39 is 0 Å². The molecule has 0 saturated carbocycles. The average Bonchev–Trinajstić information content (AvgIpc) is 2.29. The van der Waals surface area contributed by atoms with Crippen LogP contribution in [0.5, 0.6) is 0 Å². The zero-order valence-electron chi connectivity index (χ0n) is 11.4. The Kier molecular flexibility index (Phi) is 4.95. The van der Waals surface area contributed by atoms with Gasteiger partial charge in [-0.15, -0.1) is 0 Å². The molecule has 0 aromatic heterocycles. The first kappa shape index (κ1) is 14.0. The van der Waals surface area contributed by atoms with Gasteiger partial charge in [0.25, 0.3) is 0 Å². The molecule has 0 aliphatic rings. The molecule has 0 spiro atoms. The van der Waals surface area contributed by atoms with Crippen LogP contribution in [0.4, 0.5) is 0 Å². The first-order chi connectivity index (χ1) is 7.94. The van der Waals surface area contributed by atoms with Gasteiger partial charge in [-0.1, -0.05) is 64.1 Å². The van der Waals surface area contributed by atoms with Crippen LogP contribution in [0.3, 0.4) is 0 Å². The lowest BCUT2D eigenvalue weighted by Gasteiger charge is -2.18. The first-order valence-corrected chi connectivity index (χ1v) is 6.32. The van der Waals surface area contributed by atoms with Gasteiger partial charge in [0.1, 0.15) is 0 Å². The SMILES string of the molecule is CC(C)c1cccc(C=CCC(C)(C)CO)c1. The lowest BCUT2D eigenvalue weighted by molar-refractivity contribution is 0.162. The minimum atomic E-state index is -0.0217. The van der Waals surface area contributed by atoms with Crippen molar-refractivity contribution in [3.8, 4) is 0 Å². The largest absolute Gasteiger partial charge is 0.396 e. The van der Waals surface area contributed by atoms with E-state index in [0.29, 0.717) is 5.92 Å². The first-order valence-electron chi connectivity index (χ1n) is 6.32. The molecule has 0 aliphatic carbocycles.